The van der Waals surface area contributed by atoms with Gasteiger partial charge in [-0.1, -0.05) is 70.6 Å². The van der Waals surface area contributed by atoms with Gasteiger partial charge in [0.1, 0.15) is 5.78 Å². The Kier molecular flexibility index (Phi) is 13.6. The molecule has 0 aliphatic heterocycles. The van der Waals surface area contributed by atoms with Crippen LogP contribution in [0.15, 0.2) is 0 Å². The number of carboxylic acid groups (broad SMARTS) is 1. The van der Waals surface area contributed by atoms with Crippen LogP contribution in [0.5, 0.6) is 0 Å². The maximum atomic E-state index is 11.5. The summed E-state index contributed by atoms with van der Waals surface area (Å²) in [6.45, 7) is 0. The first-order valence-electron chi connectivity index (χ1n) is 10.5. The molecule has 0 aromatic heterocycles. The zero-order valence-corrected chi connectivity index (χ0v) is 17.0. The molecule has 1 aliphatic carbocycles. The molecular weight excluding hydrogens is 348 g/mol. The molecule has 1 atom stereocenters. The summed E-state index contributed by atoms with van der Waals surface area (Å²) in [7, 11) is 0. The van der Waals surface area contributed by atoms with Gasteiger partial charge in [-0.3, -0.25) is 14.4 Å². The predicted molar refractivity (Wildman–Crippen MR) is 108 cm³/mol. The fourth-order valence-corrected chi connectivity index (χ4v) is 4.63. The second-order valence-electron chi connectivity index (χ2n) is 7.49. The molecule has 0 saturated heterocycles. The van der Waals surface area contributed by atoms with Crippen LogP contribution in [-0.4, -0.2) is 33.6 Å². The van der Waals surface area contributed by atoms with Gasteiger partial charge >= 0.3 is 5.97 Å². The van der Waals surface area contributed by atoms with E-state index in [1.54, 1.807) is 11.8 Å². The van der Waals surface area contributed by atoms with Crippen molar-refractivity contribution in [2.24, 2.45) is 0 Å². The van der Waals surface area contributed by atoms with Crippen LogP contribution in [0.3, 0.4) is 0 Å². The third kappa shape index (κ3) is 12.5. The number of carboxylic acids is 1. The van der Waals surface area contributed by atoms with E-state index in [0.29, 0.717) is 12.8 Å². The van der Waals surface area contributed by atoms with Crippen molar-refractivity contribution in [3.05, 3.63) is 0 Å². The smallest absolute Gasteiger partial charge is 0.303 e. The highest BCUT2D eigenvalue weighted by Gasteiger charge is 2.30. The highest BCUT2D eigenvalue weighted by molar-refractivity contribution is 8.00. The van der Waals surface area contributed by atoms with Crippen LogP contribution in [0, 0.1) is 0 Å². The van der Waals surface area contributed by atoms with E-state index in [4.69, 9.17) is 5.11 Å². The summed E-state index contributed by atoms with van der Waals surface area (Å²) in [4.78, 5) is 33.1. The molecule has 1 rings (SSSR count). The maximum Gasteiger partial charge on any atom is 0.303 e. The van der Waals surface area contributed by atoms with Gasteiger partial charge in [-0.25, -0.2) is 0 Å². The highest BCUT2D eigenvalue weighted by Crippen LogP contribution is 2.25. The van der Waals surface area contributed by atoms with Crippen LogP contribution in [0.1, 0.15) is 103 Å². The van der Waals surface area contributed by atoms with Gasteiger partial charge in [0, 0.05) is 12.8 Å². The Morgan fingerprint density at radius 2 is 1.27 bits per heavy atom. The van der Waals surface area contributed by atoms with Crippen molar-refractivity contribution >= 4 is 29.3 Å². The second-order valence-corrected chi connectivity index (χ2v) is 8.80. The van der Waals surface area contributed by atoms with Gasteiger partial charge < -0.3 is 5.11 Å². The SMILES string of the molecule is O=C(O)CCCCCCCCCCCCCCCSC1CC(=O)CC1=O. The lowest BCUT2D eigenvalue weighted by Gasteiger charge is -2.06. The summed E-state index contributed by atoms with van der Waals surface area (Å²) >= 11 is 1.68. The summed E-state index contributed by atoms with van der Waals surface area (Å²) in [5.41, 5.74) is 0. The minimum atomic E-state index is -0.677. The molecule has 0 aromatic carbocycles. The van der Waals surface area contributed by atoms with E-state index in [0.717, 1.165) is 25.0 Å². The Hall–Kier alpha value is -0.840. The number of thioether (sulfide) groups is 1. The standard InChI is InChI=1S/C21H36O4S/c22-18-16-19(23)20(17-18)26-15-13-11-9-7-5-3-1-2-4-6-8-10-12-14-21(24)25/h20H,1-17H2,(H,24,25). The predicted octanol–water partition coefficient (Wildman–Crippen LogP) is 5.57. The zero-order chi connectivity index (χ0) is 19.0. The minimum absolute atomic E-state index is 0.0420. The molecule has 1 N–H and O–H groups in total. The Morgan fingerprint density at radius 1 is 0.808 bits per heavy atom. The quantitative estimate of drug-likeness (QED) is 0.262. The molecule has 1 fully saturated rings. The molecule has 0 spiro atoms. The molecule has 0 heterocycles. The Labute approximate surface area is 162 Å². The molecule has 0 aromatic rings. The van der Waals surface area contributed by atoms with Crippen LogP contribution >= 0.6 is 11.8 Å². The molecule has 1 unspecified atom stereocenters. The number of hydrogen-bond donors (Lipinski definition) is 1. The summed E-state index contributed by atoms with van der Waals surface area (Å²) in [6.07, 6.45) is 16.8. The number of hydrogen-bond acceptors (Lipinski definition) is 4. The summed E-state index contributed by atoms with van der Waals surface area (Å²) in [6, 6.07) is 0. The molecule has 5 heteroatoms. The maximum absolute atomic E-state index is 11.5. The third-order valence-corrected chi connectivity index (χ3v) is 6.35. The summed E-state index contributed by atoms with van der Waals surface area (Å²) < 4.78 is 0. The van der Waals surface area contributed by atoms with Gasteiger partial charge in [0.05, 0.1) is 11.7 Å². The van der Waals surface area contributed by atoms with Gasteiger partial charge in [-0.2, -0.15) is 11.8 Å². The van der Waals surface area contributed by atoms with E-state index < -0.39 is 5.97 Å². The number of carbonyl (C=O) groups excluding carboxylic acids is 2. The molecule has 26 heavy (non-hydrogen) atoms. The van der Waals surface area contributed by atoms with Crippen LogP contribution in [-0.2, 0) is 14.4 Å². The van der Waals surface area contributed by atoms with E-state index >= 15 is 0 Å². The summed E-state index contributed by atoms with van der Waals surface area (Å²) in [5, 5.41) is 8.51. The molecule has 0 amide bonds. The van der Waals surface area contributed by atoms with Gasteiger partial charge in [0.2, 0.25) is 0 Å². The van der Waals surface area contributed by atoms with Crippen molar-refractivity contribution in [1.29, 1.82) is 0 Å². The molecular formula is C21H36O4S. The van der Waals surface area contributed by atoms with E-state index in [-0.39, 0.29) is 23.2 Å². The number of aliphatic carboxylic acids is 1. The van der Waals surface area contributed by atoms with Crippen molar-refractivity contribution < 1.29 is 19.5 Å². The van der Waals surface area contributed by atoms with Crippen molar-refractivity contribution in [2.75, 3.05) is 5.75 Å². The lowest BCUT2D eigenvalue weighted by atomic mass is 10.0. The van der Waals surface area contributed by atoms with E-state index in [9.17, 15) is 14.4 Å². The molecule has 1 saturated carbocycles. The lowest BCUT2D eigenvalue weighted by Crippen LogP contribution is -2.08. The highest BCUT2D eigenvalue weighted by atomic mass is 32.2. The zero-order valence-electron chi connectivity index (χ0n) is 16.2. The molecule has 150 valence electrons. The van der Waals surface area contributed by atoms with E-state index in [2.05, 4.69) is 0 Å². The first kappa shape index (κ1) is 23.2. The Morgan fingerprint density at radius 3 is 1.69 bits per heavy atom. The average molecular weight is 385 g/mol. The van der Waals surface area contributed by atoms with Gasteiger partial charge in [0.15, 0.2) is 5.78 Å². The molecule has 1 aliphatic rings. The number of unbranched alkanes of at least 4 members (excludes halogenated alkanes) is 12. The van der Waals surface area contributed by atoms with Crippen LogP contribution in [0.2, 0.25) is 0 Å². The van der Waals surface area contributed by atoms with Crippen LogP contribution < -0.4 is 0 Å². The fraction of sp³-hybridized carbons (Fsp3) is 0.857. The second kappa shape index (κ2) is 15.2. The first-order valence-corrected chi connectivity index (χ1v) is 11.5. The number of Topliss-reactive ketones (excluding diaryl/α,β-unsaturated/α-hetero) is 2. The van der Waals surface area contributed by atoms with Crippen molar-refractivity contribution in [3.63, 3.8) is 0 Å². The molecule has 0 bridgehead atoms. The number of ketones is 2. The van der Waals surface area contributed by atoms with Gasteiger partial charge in [-0.05, 0) is 18.6 Å². The van der Waals surface area contributed by atoms with Crippen molar-refractivity contribution in [2.45, 2.75) is 108 Å². The number of carbonyl (C=O) groups is 3. The van der Waals surface area contributed by atoms with Crippen molar-refractivity contribution in [3.8, 4) is 0 Å². The molecule has 4 nitrogen and oxygen atoms in total. The van der Waals surface area contributed by atoms with Gasteiger partial charge in [0.25, 0.3) is 0 Å². The van der Waals surface area contributed by atoms with Crippen LogP contribution in [0.25, 0.3) is 0 Å². The normalized spacial score (nSPS) is 17.2. The Balaban J connectivity index is 1.73. The van der Waals surface area contributed by atoms with E-state index in [1.807, 2.05) is 0 Å². The largest absolute Gasteiger partial charge is 0.481 e. The fourth-order valence-electron chi connectivity index (χ4n) is 3.40. The Bertz CT molecular complexity index is 422. The van der Waals surface area contributed by atoms with Crippen molar-refractivity contribution in [1.82, 2.24) is 0 Å². The lowest BCUT2D eigenvalue weighted by molar-refractivity contribution is -0.137. The average Bonchev–Trinajstić information content (AvgIpc) is 2.91. The number of rotatable bonds is 17. The third-order valence-electron chi connectivity index (χ3n) is 5.00. The monoisotopic (exact) mass is 384 g/mol. The minimum Gasteiger partial charge on any atom is -0.481 e. The molecule has 0 radical (unpaired) electrons. The van der Waals surface area contributed by atoms with Crippen LogP contribution in [0.4, 0.5) is 0 Å². The van der Waals surface area contributed by atoms with Gasteiger partial charge in [-0.15, -0.1) is 0 Å². The first-order chi connectivity index (χ1) is 12.6. The topological polar surface area (TPSA) is 71.4 Å². The van der Waals surface area contributed by atoms with E-state index in [1.165, 1.54) is 64.2 Å². The summed E-state index contributed by atoms with van der Waals surface area (Å²) in [5.74, 6) is 0.589.